The molecule has 120 valence electrons. The van der Waals surface area contributed by atoms with E-state index in [2.05, 4.69) is 18.8 Å². The van der Waals surface area contributed by atoms with Gasteiger partial charge in [-0.25, -0.2) is 4.98 Å². The summed E-state index contributed by atoms with van der Waals surface area (Å²) in [5, 5.41) is 3.00. The molecule has 1 aromatic heterocycles. The summed E-state index contributed by atoms with van der Waals surface area (Å²) in [4.78, 5) is 18.5. The van der Waals surface area contributed by atoms with Gasteiger partial charge >= 0.3 is 0 Å². The molecule has 0 fully saturated rings. The normalized spacial score (nSPS) is 13.2. The van der Waals surface area contributed by atoms with E-state index in [-0.39, 0.29) is 23.7 Å². The van der Waals surface area contributed by atoms with Crippen molar-refractivity contribution < 1.29 is 9.00 Å². The van der Waals surface area contributed by atoms with Gasteiger partial charge in [0.25, 0.3) is 0 Å². The molecule has 0 saturated carbocycles. The maximum atomic E-state index is 12.3. The number of rotatable bonds is 7. The predicted molar refractivity (Wildman–Crippen MR) is 90.0 cm³/mol. The number of aromatic nitrogens is 1. The molecule has 0 aliphatic rings. The summed E-state index contributed by atoms with van der Waals surface area (Å²) < 4.78 is 12.2. The largest absolute Gasteiger partial charge is 0.337 e. The first-order chi connectivity index (χ1) is 9.72. The highest BCUT2D eigenvalue weighted by atomic mass is 32.2. The Morgan fingerprint density at radius 1 is 1.24 bits per heavy atom. The molecule has 21 heavy (non-hydrogen) atoms. The molecular formula is C15H26N2O2S2. The second-order valence-corrected chi connectivity index (χ2v) is 8.40. The summed E-state index contributed by atoms with van der Waals surface area (Å²) in [5.41, 5.74) is 0.829. The van der Waals surface area contributed by atoms with Gasteiger partial charge < -0.3 is 4.90 Å². The zero-order chi connectivity index (χ0) is 16.2. The third-order valence-electron chi connectivity index (χ3n) is 3.06. The lowest BCUT2D eigenvalue weighted by atomic mass is 10.2. The van der Waals surface area contributed by atoms with Gasteiger partial charge in [0.05, 0.1) is 16.5 Å². The molecule has 0 aliphatic heterocycles. The number of amides is 1. The van der Waals surface area contributed by atoms with Crippen molar-refractivity contribution in [2.45, 2.75) is 65.3 Å². The van der Waals surface area contributed by atoms with Crippen molar-refractivity contribution in [3.05, 3.63) is 16.1 Å². The quantitative estimate of drug-likeness (QED) is 0.771. The smallest absolute Gasteiger partial charge is 0.235 e. The molecular weight excluding hydrogens is 304 g/mol. The topological polar surface area (TPSA) is 50.3 Å². The Kier molecular flexibility index (Phi) is 7.00. The van der Waals surface area contributed by atoms with Gasteiger partial charge in [0.1, 0.15) is 5.75 Å². The molecule has 0 spiro atoms. The van der Waals surface area contributed by atoms with Crippen LogP contribution in [-0.4, -0.2) is 37.8 Å². The molecule has 1 heterocycles. The monoisotopic (exact) mass is 330 g/mol. The first-order valence-electron chi connectivity index (χ1n) is 7.32. The second kappa shape index (κ2) is 8.03. The SMILES string of the molecule is CC(C)c1nc(C[S@@](=O)CC(=O)N(C(C)C)C(C)C)cs1. The maximum Gasteiger partial charge on any atom is 0.235 e. The van der Waals surface area contributed by atoms with Crippen molar-refractivity contribution in [3.63, 3.8) is 0 Å². The van der Waals surface area contributed by atoms with Gasteiger partial charge in [-0.05, 0) is 27.7 Å². The van der Waals surface area contributed by atoms with Crippen LogP contribution in [0.2, 0.25) is 0 Å². The highest BCUT2D eigenvalue weighted by molar-refractivity contribution is 7.84. The lowest BCUT2D eigenvalue weighted by Crippen LogP contribution is -2.44. The van der Waals surface area contributed by atoms with E-state index in [1.54, 1.807) is 16.2 Å². The summed E-state index contributed by atoms with van der Waals surface area (Å²) in [6, 6.07) is 0.252. The molecule has 1 rings (SSSR count). The van der Waals surface area contributed by atoms with E-state index >= 15 is 0 Å². The summed E-state index contributed by atoms with van der Waals surface area (Å²) in [5.74, 6) is 0.776. The highest BCUT2D eigenvalue weighted by Gasteiger charge is 2.22. The first kappa shape index (κ1) is 18.3. The molecule has 4 nitrogen and oxygen atoms in total. The molecule has 6 heteroatoms. The van der Waals surface area contributed by atoms with E-state index in [1.165, 1.54) is 0 Å². The Morgan fingerprint density at radius 3 is 2.24 bits per heavy atom. The summed E-state index contributed by atoms with van der Waals surface area (Å²) in [7, 11) is -1.20. The Labute approximate surface area is 134 Å². The minimum atomic E-state index is -1.20. The fraction of sp³-hybridized carbons (Fsp3) is 0.733. The van der Waals surface area contributed by atoms with Crippen LogP contribution in [0, 0.1) is 0 Å². The van der Waals surface area contributed by atoms with Crippen LogP contribution >= 0.6 is 11.3 Å². The Hall–Kier alpha value is -0.750. The fourth-order valence-corrected chi connectivity index (χ4v) is 4.20. The van der Waals surface area contributed by atoms with Crippen LogP contribution in [0.15, 0.2) is 5.38 Å². The van der Waals surface area contributed by atoms with Gasteiger partial charge in [-0.2, -0.15) is 0 Å². The van der Waals surface area contributed by atoms with E-state index in [0.717, 1.165) is 10.7 Å². The van der Waals surface area contributed by atoms with Gasteiger partial charge in [0.15, 0.2) is 0 Å². The number of thiazole rings is 1. The van der Waals surface area contributed by atoms with Crippen LogP contribution in [0.1, 0.15) is 58.2 Å². The summed E-state index contributed by atoms with van der Waals surface area (Å²) >= 11 is 1.59. The Balaban J connectivity index is 2.61. The number of carbonyl (C=O) groups excluding carboxylic acids is 1. The van der Waals surface area contributed by atoms with Crippen molar-refractivity contribution in [2.75, 3.05) is 5.75 Å². The molecule has 0 aliphatic carbocycles. The fourth-order valence-electron chi connectivity index (χ4n) is 2.25. The lowest BCUT2D eigenvalue weighted by molar-refractivity contribution is -0.131. The van der Waals surface area contributed by atoms with Gasteiger partial charge in [0.2, 0.25) is 5.91 Å². The van der Waals surface area contributed by atoms with E-state index in [9.17, 15) is 9.00 Å². The summed E-state index contributed by atoms with van der Waals surface area (Å²) in [6.45, 7) is 12.1. The van der Waals surface area contributed by atoms with Crippen molar-refractivity contribution in [2.24, 2.45) is 0 Å². The average molecular weight is 331 g/mol. The van der Waals surface area contributed by atoms with Crippen LogP contribution in [-0.2, 0) is 21.3 Å². The molecule has 0 radical (unpaired) electrons. The van der Waals surface area contributed by atoms with Crippen molar-refractivity contribution in [1.82, 2.24) is 9.88 Å². The van der Waals surface area contributed by atoms with Crippen LogP contribution in [0.25, 0.3) is 0 Å². The van der Waals surface area contributed by atoms with E-state index in [0.29, 0.717) is 11.7 Å². The molecule has 1 amide bonds. The molecule has 1 aromatic rings. The minimum Gasteiger partial charge on any atom is -0.337 e. The molecule has 1 atom stereocenters. The first-order valence-corrected chi connectivity index (χ1v) is 9.69. The van der Waals surface area contributed by atoms with E-state index in [1.807, 2.05) is 33.1 Å². The second-order valence-electron chi connectivity index (χ2n) is 6.05. The zero-order valence-electron chi connectivity index (χ0n) is 13.8. The molecule has 0 N–H and O–H groups in total. The Bertz CT molecular complexity index is 488. The third kappa shape index (κ3) is 5.51. The maximum absolute atomic E-state index is 12.3. The van der Waals surface area contributed by atoms with Crippen LogP contribution in [0.5, 0.6) is 0 Å². The summed E-state index contributed by atoms with van der Waals surface area (Å²) in [6.07, 6.45) is 0. The van der Waals surface area contributed by atoms with E-state index < -0.39 is 10.8 Å². The molecule has 0 aromatic carbocycles. The van der Waals surface area contributed by atoms with Crippen LogP contribution < -0.4 is 0 Å². The standard InChI is InChI=1S/C15H26N2O2S2/c1-10(2)15-16-13(7-20-15)8-21(19)9-14(18)17(11(3)4)12(5)6/h7,10-12H,8-9H2,1-6H3/t21-/m1/s1. The van der Waals surface area contributed by atoms with Crippen molar-refractivity contribution >= 4 is 28.0 Å². The highest BCUT2D eigenvalue weighted by Crippen LogP contribution is 2.20. The van der Waals surface area contributed by atoms with Crippen LogP contribution in [0.4, 0.5) is 0 Å². The zero-order valence-corrected chi connectivity index (χ0v) is 15.4. The number of hydrogen-bond donors (Lipinski definition) is 0. The average Bonchev–Trinajstić information content (AvgIpc) is 2.75. The van der Waals surface area contributed by atoms with Crippen molar-refractivity contribution in [1.29, 1.82) is 0 Å². The predicted octanol–water partition coefficient (Wildman–Crippen LogP) is 3.16. The van der Waals surface area contributed by atoms with Gasteiger partial charge in [-0.15, -0.1) is 11.3 Å². The molecule has 0 saturated heterocycles. The van der Waals surface area contributed by atoms with E-state index in [4.69, 9.17) is 0 Å². The molecule has 0 unspecified atom stereocenters. The number of carbonyl (C=O) groups is 1. The third-order valence-corrected chi connectivity index (χ3v) is 5.44. The van der Waals surface area contributed by atoms with Gasteiger partial charge in [-0.1, -0.05) is 13.8 Å². The lowest BCUT2D eigenvalue weighted by Gasteiger charge is -2.30. The minimum absolute atomic E-state index is 0.0438. The number of hydrogen-bond acceptors (Lipinski definition) is 4. The number of nitrogens with zero attached hydrogens (tertiary/aromatic N) is 2. The molecule has 0 bridgehead atoms. The van der Waals surface area contributed by atoms with Crippen LogP contribution in [0.3, 0.4) is 0 Å². The van der Waals surface area contributed by atoms with Gasteiger partial charge in [-0.3, -0.25) is 9.00 Å². The Morgan fingerprint density at radius 2 is 1.81 bits per heavy atom. The van der Waals surface area contributed by atoms with Gasteiger partial charge in [0, 0.05) is 34.2 Å². The van der Waals surface area contributed by atoms with Crippen molar-refractivity contribution in [3.8, 4) is 0 Å².